The molecule has 1 amide bonds. The lowest BCUT2D eigenvalue weighted by Gasteiger charge is -2.38. The van der Waals surface area contributed by atoms with Gasteiger partial charge < -0.3 is 10.6 Å². The van der Waals surface area contributed by atoms with Crippen LogP contribution in [0.25, 0.3) is 0 Å². The van der Waals surface area contributed by atoms with Crippen molar-refractivity contribution in [3.63, 3.8) is 0 Å². The van der Waals surface area contributed by atoms with E-state index in [1.165, 1.54) is 5.56 Å². The summed E-state index contributed by atoms with van der Waals surface area (Å²) < 4.78 is 0. The van der Waals surface area contributed by atoms with Crippen molar-refractivity contribution in [1.29, 1.82) is 0 Å². The first-order chi connectivity index (χ1) is 10.2. The summed E-state index contributed by atoms with van der Waals surface area (Å²) in [6, 6.07) is 10.5. The number of hydrogen-bond donors (Lipinski definition) is 1. The molecule has 0 spiro atoms. The van der Waals surface area contributed by atoms with E-state index in [0.29, 0.717) is 0 Å². The second kappa shape index (κ2) is 8.88. The molecule has 6 heteroatoms. The van der Waals surface area contributed by atoms with E-state index in [1.807, 2.05) is 11.0 Å². The fraction of sp³-hybridized carbons (Fsp3) is 0.588. The third-order valence-electron chi connectivity index (χ3n) is 4.83. The highest BCUT2D eigenvalue weighted by atomic mass is 35.5. The molecule has 2 fully saturated rings. The predicted molar refractivity (Wildman–Crippen MR) is 98.2 cm³/mol. The standard InChI is InChI=1S/C17H25N3O.2ClH/c18-17(8-4-5-9-17)16(21)20-12-10-19(11-13-20)14-15-6-2-1-3-7-15;;/h1-3,6-7H,4-5,8-14,18H2;2*1H. The van der Waals surface area contributed by atoms with Crippen molar-refractivity contribution in [1.82, 2.24) is 9.80 Å². The molecule has 1 aromatic carbocycles. The van der Waals surface area contributed by atoms with Gasteiger partial charge >= 0.3 is 0 Å². The van der Waals surface area contributed by atoms with Crippen LogP contribution in [0.15, 0.2) is 30.3 Å². The summed E-state index contributed by atoms with van der Waals surface area (Å²) in [6.45, 7) is 4.47. The predicted octanol–water partition coefficient (Wildman–Crippen LogP) is 2.45. The van der Waals surface area contributed by atoms with E-state index in [2.05, 4.69) is 29.2 Å². The Morgan fingerprint density at radius 2 is 1.57 bits per heavy atom. The van der Waals surface area contributed by atoms with Crippen molar-refractivity contribution in [3.8, 4) is 0 Å². The molecule has 0 unspecified atom stereocenters. The minimum absolute atomic E-state index is 0. The number of rotatable bonds is 3. The number of nitrogens with two attached hydrogens (primary N) is 1. The molecule has 0 bridgehead atoms. The van der Waals surface area contributed by atoms with Gasteiger partial charge in [0, 0.05) is 32.7 Å². The second-order valence-electron chi connectivity index (χ2n) is 6.42. The maximum Gasteiger partial charge on any atom is 0.242 e. The SMILES string of the molecule is Cl.Cl.NC1(C(=O)N2CCN(Cc3ccccc3)CC2)CCCC1. The molecule has 2 N–H and O–H groups in total. The Kier molecular flexibility index (Phi) is 7.81. The fourth-order valence-corrected chi connectivity index (χ4v) is 3.49. The highest BCUT2D eigenvalue weighted by Gasteiger charge is 2.40. The molecule has 130 valence electrons. The lowest BCUT2D eigenvalue weighted by Crippen LogP contribution is -2.58. The minimum Gasteiger partial charge on any atom is -0.339 e. The number of carbonyl (C=O) groups excluding carboxylic acids is 1. The molecule has 3 rings (SSSR count). The topological polar surface area (TPSA) is 49.6 Å². The lowest BCUT2D eigenvalue weighted by atomic mass is 9.97. The number of hydrogen-bond acceptors (Lipinski definition) is 3. The molecule has 0 aromatic heterocycles. The molecule has 0 atom stereocenters. The van der Waals surface area contributed by atoms with Gasteiger partial charge in [-0.15, -0.1) is 24.8 Å². The summed E-state index contributed by atoms with van der Waals surface area (Å²) in [5.41, 5.74) is 7.06. The molecule has 1 heterocycles. The van der Waals surface area contributed by atoms with Gasteiger partial charge in [0.25, 0.3) is 0 Å². The van der Waals surface area contributed by atoms with Gasteiger partial charge in [-0.25, -0.2) is 0 Å². The van der Waals surface area contributed by atoms with Crippen LogP contribution in [0, 0.1) is 0 Å². The van der Waals surface area contributed by atoms with E-state index >= 15 is 0 Å². The molecule has 1 aromatic rings. The zero-order valence-corrected chi connectivity index (χ0v) is 15.1. The van der Waals surface area contributed by atoms with Gasteiger partial charge in [0.2, 0.25) is 5.91 Å². The van der Waals surface area contributed by atoms with Gasteiger partial charge in [-0.05, 0) is 18.4 Å². The van der Waals surface area contributed by atoms with Gasteiger partial charge in [0.1, 0.15) is 0 Å². The average molecular weight is 360 g/mol. The van der Waals surface area contributed by atoms with E-state index in [-0.39, 0.29) is 30.7 Å². The van der Waals surface area contributed by atoms with Crippen LogP contribution >= 0.6 is 24.8 Å². The summed E-state index contributed by atoms with van der Waals surface area (Å²) in [5, 5.41) is 0. The van der Waals surface area contributed by atoms with E-state index in [9.17, 15) is 4.79 Å². The number of amides is 1. The van der Waals surface area contributed by atoms with Crippen LogP contribution in [0.3, 0.4) is 0 Å². The molecule has 1 saturated carbocycles. The molecule has 1 aliphatic heterocycles. The maximum atomic E-state index is 12.6. The Morgan fingerprint density at radius 1 is 1.00 bits per heavy atom. The summed E-state index contributed by atoms with van der Waals surface area (Å²) in [7, 11) is 0. The lowest BCUT2D eigenvalue weighted by molar-refractivity contribution is -0.138. The molecular formula is C17H27Cl2N3O. The van der Waals surface area contributed by atoms with E-state index in [4.69, 9.17) is 5.73 Å². The summed E-state index contributed by atoms with van der Waals surface area (Å²) >= 11 is 0. The Morgan fingerprint density at radius 3 is 2.13 bits per heavy atom. The van der Waals surface area contributed by atoms with Crippen molar-refractivity contribution < 1.29 is 4.79 Å². The van der Waals surface area contributed by atoms with Crippen LogP contribution in [-0.2, 0) is 11.3 Å². The first kappa shape index (κ1) is 20.2. The van der Waals surface area contributed by atoms with Gasteiger partial charge in [-0.3, -0.25) is 9.69 Å². The van der Waals surface area contributed by atoms with E-state index in [0.717, 1.165) is 58.4 Å². The Labute approximate surface area is 151 Å². The van der Waals surface area contributed by atoms with Gasteiger partial charge in [-0.2, -0.15) is 0 Å². The molecule has 1 saturated heterocycles. The maximum absolute atomic E-state index is 12.6. The summed E-state index contributed by atoms with van der Waals surface area (Å²) in [6.07, 6.45) is 3.90. The summed E-state index contributed by atoms with van der Waals surface area (Å²) in [4.78, 5) is 17.0. The van der Waals surface area contributed by atoms with Crippen LogP contribution in [0.5, 0.6) is 0 Å². The number of carbonyl (C=O) groups is 1. The Hall–Kier alpha value is -0.810. The van der Waals surface area contributed by atoms with Crippen molar-refractivity contribution >= 4 is 30.7 Å². The number of halogens is 2. The highest BCUT2D eigenvalue weighted by molar-refractivity contribution is 5.86. The van der Waals surface area contributed by atoms with Crippen molar-refractivity contribution in [3.05, 3.63) is 35.9 Å². The normalized spacial score (nSPS) is 20.5. The zero-order chi connectivity index (χ0) is 14.7. The molecule has 2 aliphatic rings. The van der Waals surface area contributed by atoms with Gasteiger partial charge in [0.15, 0.2) is 0 Å². The largest absolute Gasteiger partial charge is 0.339 e. The van der Waals surface area contributed by atoms with Gasteiger partial charge in [-0.1, -0.05) is 43.2 Å². The summed E-state index contributed by atoms with van der Waals surface area (Å²) in [5.74, 6) is 0.180. The monoisotopic (exact) mass is 359 g/mol. The highest BCUT2D eigenvalue weighted by Crippen LogP contribution is 2.29. The van der Waals surface area contributed by atoms with Crippen LogP contribution in [0.2, 0.25) is 0 Å². The molecule has 1 aliphatic carbocycles. The Balaban J connectivity index is 0.00000132. The van der Waals surface area contributed by atoms with E-state index in [1.54, 1.807) is 0 Å². The third-order valence-corrected chi connectivity index (χ3v) is 4.83. The number of nitrogens with zero attached hydrogens (tertiary/aromatic N) is 2. The smallest absolute Gasteiger partial charge is 0.242 e. The van der Waals surface area contributed by atoms with Crippen LogP contribution in [-0.4, -0.2) is 47.4 Å². The molecule has 4 nitrogen and oxygen atoms in total. The van der Waals surface area contributed by atoms with E-state index < -0.39 is 5.54 Å². The quantitative estimate of drug-likeness (QED) is 0.901. The van der Waals surface area contributed by atoms with Crippen LogP contribution in [0.1, 0.15) is 31.2 Å². The zero-order valence-electron chi connectivity index (χ0n) is 13.4. The van der Waals surface area contributed by atoms with Gasteiger partial charge in [0.05, 0.1) is 5.54 Å². The second-order valence-corrected chi connectivity index (χ2v) is 6.42. The third kappa shape index (κ3) is 4.83. The van der Waals surface area contributed by atoms with Crippen molar-refractivity contribution in [2.45, 2.75) is 37.8 Å². The molecule has 23 heavy (non-hydrogen) atoms. The first-order valence-electron chi connectivity index (χ1n) is 8.02. The number of piperazine rings is 1. The molecule has 0 radical (unpaired) electrons. The van der Waals surface area contributed by atoms with Crippen LogP contribution < -0.4 is 5.73 Å². The van der Waals surface area contributed by atoms with Crippen molar-refractivity contribution in [2.75, 3.05) is 26.2 Å². The minimum atomic E-state index is -0.568. The fourth-order valence-electron chi connectivity index (χ4n) is 3.49. The molecular weight excluding hydrogens is 333 g/mol. The average Bonchev–Trinajstić information content (AvgIpc) is 2.96. The Bertz CT molecular complexity index is 484. The van der Waals surface area contributed by atoms with Crippen LogP contribution in [0.4, 0.5) is 0 Å². The number of benzene rings is 1. The first-order valence-corrected chi connectivity index (χ1v) is 8.02. The van der Waals surface area contributed by atoms with Crippen molar-refractivity contribution in [2.24, 2.45) is 5.73 Å².